The van der Waals surface area contributed by atoms with Crippen LogP contribution >= 0.6 is 0 Å². The smallest absolute Gasteiger partial charge is 0.241 e. The Balaban J connectivity index is 1.39. The van der Waals surface area contributed by atoms with Crippen LogP contribution in [0.3, 0.4) is 0 Å². The zero-order chi connectivity index (χ0) is 29.9. The minimum absolute atomic E-state index is 0.0142. The van der Waals surface area contributed by atoms with Crippen LogP contribution < -0.4 is 21.3 Å². The number of amides is 2. The van der Waals surface area contributed by atoms with Crippen LogP contribution in [0.5, 0.6) is 0 Å². The average Bonchev–Trinajstić information content (AvgIpc) is 3.28. The van der Waals surface area contributed by atoms with Crippen LogP contribution in [0.15, 0.2) is 42.5 Å². The molecule has 0 spiro atoms. The molecule has 0 saturated carbocycles. The van der Waals surface area contributed by atoms with E-state index in [9.17, 15) is 14.0 Å². The lowest BCUT2D eigenvalue weighted by atomic mass is 9.83. The first-order chi connectivity index (χ1) is 20.2. The number of nitrogens with one attached hydrogen (secondary N) is 2. The Hall–Kier alpha value is -2.89. The lowest BCUT2D eigenvalue weighted by molar-refractivity contribution is -0.125. The summed E-state index contributed by atoms with van der Waals surface area (Å²) in [5.41, 5.74) is 8.36. The highest BCUT2D eigenvalue weighted by Gasteiger charge is 2.47. The molecule has 0 aromatic heterocycles. The molecule has 2 fully saturated rings. The molecule has 3 aliphatic heterocycles. The first-order valence-electron chi connectivity index (χ1n) is 15.1. The van der Waals surface area contributed by atoms with Gasteiger partial charge < -0.3 is 26.0 Å². The summed E-state index contributed by atoms with van der Waals surface area (Å²) in [5, 5.41) is 6.54. The summed E-state index contributed by atoms with van der Waals surface area (Å²) >= 11 is 0. The first-order valence-corrected chi connectivity index (χ1v) is 15.1. The quantitative estimate of drug-likeness (QED) is 0.413. The predicted octanol–water partition coefficient (Wildman–Crippen LogP) is 1.48. The monoisotopic (exact) mass is 580 g/mol. The first kappa shape index (κ1) is 30.6. The third-order valence-corrected chi connectivity index (χ3v) is 8.99. The number of fused-ring (bicyclic) bond motifs is 1. The van der Waals surface area contributed by atoms with Gasteiger partial charge in [-0.05, 0) is 62.1 Å². The summed E-state index contributed by atoms with van der Waals surface area (Å²) in [7, 11) is 0. The second-order valence-electron chi connectivity index (χ2n) is 12.3. The van der Waals surface area contributed by atoms with Crippen molar-refractivity contribution in [1.29, 1.82) is 0 Å². The number of morpholine rings is 1. The van der Waals surface area contributed by atoms with E-state index in [0.717, 1.165) is 61.8 Å². The second kappa shape index (κ2) is 13.2. The Morgan fingerprint density at radius 3 is 2.64 bits per heavy atom. The Kier molecular flexibility index (Phi) is 9.59. The number of rotatable bonds is 9. The van der Waals surface area contributed by atoms with Gasteiger partial charge in [-0.2, -0.15) is 0 Å². The summed E-state index contributed by atoms with van der Waals surface area (Å²) in [6.45, 7) is 12.3. The molecule has 0 radical (unpaired) electrons. The van der Waals surface area contributed by atoms with Crippen molar-refractivity contribution >= 4 is 17.5 Å². The van der Waals surface area contributed by atoms with E-state index >= 15 is 0 Å². The molecule has 3 aliphatic rings. The minimum Gasteiger partial charge on any atom is -0.379 e. The average molecular weight is 581 g/mol. The van der Waals surface area contributed by atoms with Gasteiger partial charge in [-0.3, -0.25) is 19.4 Å². The van der Waals surface area contributed by atoms with Gasteiger partial charge in [0.05, 0.1) is 25.2 Å². The zero-order valence-electron chi connectivity index (χ0n) is 25.1. The zero-order valence-corrected chi connectivity index (χ0v) is 25.1. The molecule has 10 heteroatoms. The summed E-state index contributed by atoms with van der Waals surface area (Å²) in [6, 6.07) is 13.3. The van der Waals surface area contributed by atoms with Crippen molar-refractivity contribution in [3.05, 3.63) is 65.0 Å². The largest absolute Gasteiger partial charge is 0.379 e. The second-order valence-corrected chi connectivity index (χ2v) is 12.3. The van der Waals surface area contributed by atoms with Crippen molar-refractivity contribution in [2.45, 2.75) is 50.7 Å². The van der Waals surface area contributed by atoms with Crippen LogP contribution in [0.1, 0.15) is 37.5 Å². The summed E-state index contributed by atoms with van der Waals surface area (Å²) in [6.07, 6.45) is 0.598. The number of halogens is 1. The normalized spacial score (nSPS) is 26.7. The van der Waals surface area contributed by atoms with E-state index in [4.69, 9.17) is 10.5 Å². The highest BCUT2D eigenvalue weighted by atomic mass is 19.1. The lowest BCUT2D eigenvalue weighted by Gasteiger charge is -2.43. The summed E-state index contributed by atoms with van der Waals surface area (Å²) < 4.78 is 19.1. The van der Waals surface area contributed by atoms with E-state index in [-0.39, 0.29) is 42.8 Å². The van der Waals surface area contributed by atoms with Gasteiger partial charge >= 0.3 is 0 Å². The van der Waals surface area contributed by atoms with E-state index in [0.29, 0.717) is 25.6 Å². The number of hydrogen-bond acceptors (Lipinski definition) is 7. The number of benzene rings is 2. The van der Waals surface area contributed by atoms with Crippen LogP contribution in [0, 0.1) is 5.82 Å². The van der Waals surface area contributed by atoms with Crippen molar-refractivity contribution in [2.75, 3.05) is 70.5 Å². The fourth-order valence-electron chi connectivity index (χ4n) is 6.47. The molecule has 9 nitrogen and oxygen atoms in total. The molecular formula is C32H45FN6O3. The summed E-state index contributed by atoms with van der Waals surface area (Å²) in [4.78, 5) is 34.1. The maximum Gasteiger partial charge on any atom is 0.241 e. The number of piperazine rings is 1. The third kappa shape index (κ3) is 6.68. The number of nitrogens with two attached hydrogens (primary N) is 1. The van der Waals surface area contributed by atoms with Gasteiger partial charge in [-0.25, -0.2) is 4.39 Å². The van der Waals surface area contributed by atoms with Crippen LogP contribution in [0.2, 0.25) is 0 Å². The molecule has 4 N–H and O–H groups in total. The maximum absolute atomic E-state index is 14.2. The molecule has 2 aromatic rings. The number of carbonyl (C=O) groups is 2. The van der Waals surface area contributed by atoms with Gasteiger partial charge in [-0.1, -0.05) is 24.3 Å². The van der Waals surface area contributed by atoms with E-state index < -0.39 is 5.41 Å². The third-order valence-electron chi connectivity index (χ3n) is 8.99. The topological polar surface area (TPSA) is 103 Å². The molecule has 1 unspecified atom stereocenters. The predicted molar refractivity (Wildman–Crippen MR) is 162 cm³/mol. The molecular weight excluding hydrogens is 535 g/mol. The molecule has 0 aliphatic carbocycles. The highest BCUT2D eigenvalue weighted by molar-refractivity contribution is 6.03. The Morgan fingerprint density at radius 1 is 1.14 bits per heavy atom. The van der Waals surface area contributed by atoms with Crippen molar-refractivity contribution < 1.29 is 18.7 Å². The molecule has 5 rings (SSSR count). The van der Waals surface area contributed by atoms with E-state index in [1.165, 1.54) is 12.1 Å². The fraction of sp³-hybridized carbons (Fsp3) is 0.562. The lowest BCUT2D eigenvalue weighted by Crippen LogP contribution is -2.62. The van der Waals surface area contributed by atoms with Crippen LogP contribution in [-0.2, 0) is 26.2 Å². The minimum atomic E-state index is -0.895. The van der Waals surface area contributed by atoms with Gasteiger partial charge in [0, 0.05) is 69.6 Å². The van der Waals surface area contributed by atoms with E-state index in [2.05, 4.69) is 34.3 Å². The summed E-state index contributed by atoms with van der Waals surface area (Å²) in [5.74, 6) is -0.419. The number of carbonyl (C=O) groups excluding carboxylic acids is 2. The van der Waals surface area contributed by atoms with Crippen molar-refractivity contribution in [3.63, 3.8) is 0 Å². The fourth-order valence-corrected chi connectivity index (χ4v) is 6.47. The molecule has 2 saturated heterocycles. The molecule has 3 heterocycles. The Bertz CT molecular complexity index is 1260. The van der Waals surface area contributed by atoms with Gasteiger partial charge in [-0.15, -0.1) is 0 Å². The number of anilines is 1. The van der Waals surface area contributed by atoms with Crippen molar-refractivity contribution in [1.82, 2.24) is 20.4 Å². The SMILES string of the molecule is C[C@@H]1CN(CC(=O)N2CC(C)(C(=O)NCCN)c3ccc(Cc4ccc(F)cc4)cc32)[C@@H](CN2CCOC[C@H]2C)CN1. The van der Waals surface area contributed by atoms with Crippen molar-refractivity contribution in [2.24, 2.45) is 5.73 Å². The highest BCUT2D eigenvalue weighted by Crippen LogP contribution is 2.42. The molecule has 228 valence electrons. The molecule has 42 heavy (non-hydrogen) atoms. The Labute approximate surface area is 248 Å². The maximum atomic E-state index is 14.2. The molecule has 4 atom stereocenters. The Morgan fingerprint density at radius 2 is 1.90 bits per heavy atom. The van der Waals surface area contributed by atoms with Gasteiger partial charge in [0.25, 0.3) is 0 Å². The number of ether oxygens (including phenoxy) is 1. The molecule has 2 amide bonds. The molecule has 2 aromatic carbocycles. The van der Waals surface area contributed by atoms with E-state index in [1.807, 2.05) is 25.1 Å². The van der Waals surface area contributed by atoms with Gasteiger partial charge in [0.2, 0.25) is 11.8 Å². The standard InChI is InChI=1S/C32H45FN6O3/c1-22-17-38(27(16-36-22)18-37-12-13-42-20-23(37)2)19-30(40)39-21-32(3,31(41)35-11-10-34)28-9-6-25(15-29(28)39)14-24-4-7-26(33)8-5-24/h4-9,15,22-23,27,36H,10-14,16-21,34H2,1-3H3,(H,35,41)/t22-,23-,27-,32?/m1/s1. The van der Waals surface area contributed by atoms with Gasteiger partial charge in [0.15, 0.2) is 0 Å². The molecule has 0 bridgehead atoms. The van der Waals surface area contributed by atoms with Crippen LogP contribution in [0.4, 0.5) is 10.1 Å². The van der Waals surface area contributed by atoms with Crippen LogP contribution in [0.25, 0.3) is 0 Å². The number of hydrogen-bond donors (Lipinski definition) is 3. The number of nitrogens with zero attached hydrogens (tertiary/aromatic N) is 3. The van der Waals surface area contributed by atoms with E-state index in [1.54, 1.807) is 17.0 Å². The van der Waals surface area contributed by atoms with Crippen molar-refractivity contribution in [3.8, 4) is 0 Å². The van der Waals surface area contributed by atoms with Crippen LogP contribution in [-0.4, -0.2) is 105 Å². The van der Waals surface area contributed by atoms with Gasteiger partial charge in [0.1, 0.15) is 5.82 Å².